The van der Waals surface area contributed by atoms with Crippen LogP contribution < -0.4 is 0 Å². The number of aldehydes is 1. The number of benzene rings is 1. The van der Waals surface area contributed by atoms with Crippen molar-refractivity contribution >= 4 is 23.5 Å². The minimum absolute atomic E-state index is 0.451. The van der Waals surface area contributed by atoms with Gasteiger partial charge in [0, 0.05) is 10.6 Å². The third-order valence-corrected chi connectivity index (χ3v) is 1.57. The summed E-state index contributed by atoms with van der Waals surface area (Å²) in [7, 11) is 0. The van der Waals surface area contributed by atoms with E-state index < -0.39 is 0 Å². The summed E-state index contributed by atoms with van der Waals surface area (Å²) >= 11 is 5.69. The molecule has 0 aliphatic carbocycles. The maximum absolute atomic E-state index is 10.3. The van der Waals surface area contributed by atoms with Crippen LogP contribution in [0.5, 0.6) is 0 Å². The van der Waals surface area contributed by atoms with E-state index in [1.807, 2.05) is 0 Å². The van der Waals surface area contributed by atoms with Crippen LogP contribution in [0.3, 0.4) is 0 Å². The normalized spacial score (nSPS) is 9.18. The summed E-state index contributed by atoms with van der Waals surface area (Å²) in [6.45, 7) is 3.56. The number of halogens is 1. The van der Waals surface area contributed by atoms with Gasteiger partial charge in [-0.2, -0.15) is 0 Å². The largest absolute Gasteiger partial charge is 0.298 e. The molecule has 0 fully saturated rings. The van der Waals surface area contributed by atoms with E-state index in [1.165, 1.54) is 0 Å². The van der Waals surface area contributed by atoms with Crippen LogP contribution in [-0.4, -0.2) is 6.29 Å². The minimum atomic E-state index is 0.451. The molecule has 0 aliphatic rings. The number of rotatable bonds is 2. The van der Waals surface area contributed by atoms with Crippen molar-refractivity contribution in [2.75, 3.05) is 0 Å². The molecule has 56 valence electrons. The summed E-state index contributed by atoms with van der Waals surface area (Å²) in [5.74, 6) is 0. The van der Waals surface area contributed by atoms with Crippen molar-refractivity contribution in [2.24, 2.45) is 0 Å². The molecule has 0 atom stereocenters. The van der Waals surface area contributed by atoms with Crippen molar-refractivity contribution in [2.45, 2.75) is 0 Å². The standard InChI is InChI=1S/C9H7ClO/c1-7(6-11)8-3-2-4-9(10)5-8/h2-6H,1H2. The Bertz CT molecular complexity index is 291. The molecule has 0 N–H and O–H groups in total. The van der Waals surface area contributed by atoms with E-state index in [-0.39, 0.29) is 0 Å². The number of carbonyl (C=O) groups is 1. The summed E-state index contributed by atoms with van der Waals surface area (Å²) < 4.78 is 0. The van der Waals surface area contributed by atoms with Crippen molar-refractivity contribution in [3.63, 3.8) is 0 Å². The Morgan fingerprint density at radius 2 is 2.27 bits per heavy atom. The molecule has 1 rings (SSSR count). The topological polar surface area (TPSA) is 17.1 Å². The summed E-state index contributed by atoms with van der Waals surface area (Å²) in [5, 5.41) is 0.616. The molecule has 1 aromatic rings. The summed E-state index contributed by atoms with van der Waals surface area (Å²) in [5.41, 5.74) is 1.22. The molecule has 1 nitrogen and oxygen atoms in total. The summed E-state index contributed by atoms with van der Waals surface area (Å²) in [4.78, 5) is 10.3. The van der Waals surface area contributed by atoms with Gasteiger partial charge in [-0.15, -0.1) is 0 Å². The fourth-order valence-corrected chi connectivity index (χ4v) is 0.947. The molecule has 0 bridgehead atoms. The lowest BCUT2D eigenvalue weighted by molar-refractivity contribution is -0.103. The number of allylic oxidation sites excluding steroid dienone is 1. The number of hydrogen-bond acceptors (Lipinski definition) is 1. The van der Waals surface area contributed by atoms with Gasteiger partial charge >= 0.3 is 0 Å². The molecule has 0 saturated carbocycles. The highest BCUT2D eigenvalue weighted by Crippen LogP contribution is 2.15. The zero-order valence-corrected chi connectivity index (χ0v) is 6.64. The Balaban J connectivity index is 3.05. The molecule has 0 heterocycles. The molecule has 2 heteroatoms. The lowest BCUT2D eigenvalue weighted by Crippen LogP contribution is -1.81. The van der Waals surface area contributed by atoms with Gasteiger partial charge in [-0.25, -0.2) is 0 Å². The lowest BCUT2D eigenvalue weighted by Gasteiger charge is -1.96. The molecule has 11 heavy (non-hydrogen) atoms. The molecule has 0 aliphatic heterocycles. The molecular weight excluding hydrogens is 160 g/mol. The average Bonchev–Trinajstić information content (AvgIpc) is 2.03. The summed E-state index contributed by atoms with van der Waals surface area (Å²) in [6.07, 6.45) is 0.714. The Morgan fingerprint density at radius 1 is 1.55 bits per heavy atom. The second kappa shape index (κ2) is 3.35. The van der Waals surface area contributed by atoms with E-state index in [4.69, 9.17) is 11.6 Å². The van der Waals surface area contributed by atoms with Gasteiger partial charge in [0.2, 0.25) is 0 Å². The average molecular weight is 167 g/mol. The van der Waals surface area contributed by atoms with Gasteiger partial charge in [-0.3, -0.25) is 4.79 Å². The van der Waals surface area contributed by atoms with Gasteiger partial charge < -0.3 is 0 Å². The van der Waals surface area contributed by atoms with Crippen LogP contribution in [0, 0.1) is 0 Å². The van der Waals surface area contributed by atoms with Gasteiger partial charge in [-0.05, 0) is 17.7 Å². The van der Waals surface area contributed by atoms with Crippen LogP contribution >= 0.6 is 11.6 Å². The van der Waals surface area contributed by atoms with E-state index in [2.05, 4.69) is 6.58 Å². The van der Waals surface area contributed by atoms with Gasteiger partial charge in [0.15, 0.2) is 0 Å². The molecule has 0 spiro atoms. The van der Waals surface area contributed by atoms with E-state index in [0.29, 0.717) is 16.9 Å². The first kappa shape index (κ1) is 8.02. The van der Waals surface area contributed by atoms with Crippen LogP contribution in [0.25, 0.3) is 5.57 Å². The highest BCUT2D eigenvalue weighted by atomic mass is 35.5. The van der Waals surface area contributed by atoms with E-state index >= 15 is 0 Å². The Hall–Kier alpha value is -1.08. The first-order valence-electron chi connectivity index (χ1n) is 3.14. The van der Waals surface area contributed by atoms with Crippen molar-refractivity contribution in [3.8, 4) is 0 Å². The molecule has 0 amide bonds. The van der Waals surface area contributed by atoms with Crippen LogP contribution in [0.1, 0.15) is 5.56 Å². The number of hydrogen-bond donors (Lipinski definition) is 0. The second-order valence-corrected chi connectivity index (χ2v) is 2.59. The van der Waals surface area contributed by atoms with Crippen LogP contribution in [0.4, 0.5) is 0 Å². The maximum Gasteiger partial charge on any atom is 0.150 e. The van der Waals surface area contributed by atoms with Crippen LogP contribution in [0.2, 0.25) is 5.02 Å². The molecular formula is C9H7ClO. The molecule has 1 aromatic carbocycles. The Kier molecular flexibility index (Phi) is 2.44. The highest BCUT2D eigenvalue weighted by Gasteiger charge is 1.96. The quantitative estimate of drug-likeness (QED) is 0.488. The van der Waals surface area contributed by atoms with Gasteiger partial charge in [-0.1, -0.05) is 30.3 Å². The maximum atomic E-state index is 10.3. The fraction of sp³-hybridized carbons (Fsp3) is 0. The molecule has 0 radical (unpaired) electrons. The van der Waals surface area contributed by atoms with Crippen molar-refractivity contribution in [1.29, 1.82) is 0 Å². The SMILES string of the molecule is C=C(C=O)c1cccc(Cl)c1. The van der Waals surface area contributed by atoms with Crippen LogP contribution in [0.15, 0.2) is 30.8 Å². The third-order valence-electron chi connectivity index (χ3n) is 1.34. The molecule has 0 saturated heterocycles. The zero-order chi connectivity index (χ0) is 8.27. The predicted molar refractivity (Wildman–Crippen MR) is 46.6 cm³/mol. The zero-order valence-electron chi connectivity index (χ0n) is 5.88. The van der Waals surface area contributed by atoms with Crippen molar-refractivity contribution < 1.29 is 4.79 Å². The summed E-state index contributed by atoms with van der Waals surface area (Å²) in [6, 6.07) is 7.04. The highest BCUT2D eigenvalue weighted by molar-refractivity contribution is 6.30. The first-order valence-corrected chi connectivity index (χ1v) is 3.52. The van der Waals surface area contributed by atoms with Gasteiger partial charge in [0.1, 0.15) is 6.29 Å². The Labute approximate surface area is 70.3 Å². The Morgan fingerprint density at radius 3 is 2.82 bits per heavy atom. The molecule has 0 aromatic heterocycles. The monoisotopic (exact) mass is 166 g/mol. The lowest BCUT2D eigenvalue weighted by atomic mass is 10.1. The number of carbonyl (C=O) groups excluding carboxylic acids is 1. The van der Waals surface area contributed by atoms with Gasteiger partial charge in [0.25, 0.3) is 0 Å². The minimum Gasteiger partial charge on any atom is -0.298 e. The smallest absolute Gasteiger partial charge is 0.150 e. The van der Waals surface area contributed by atoms with E-state index in [9.17, 15) is 4.79 Å². The fourth-order valence-electron chi connectivity index (χ4n) is 0.756. The molecule has 0 unspecified atom stereocenters. The van der Waals surface area contributed by atoms with Crippen molar-refractivity contribution in [1.82, 2.24) is 0 Å². The van der Waals surface area contributed by atoms with Gasteiger partial charge in [0.05, 0.1) is 0 Å². The third kappa shape index (κ3) is 1.92. The van der Waals surface area contributed by atoms with E-state index in [0.717, 1.165) is 5.56 Å². The van der Waals surface area contributed by atoms with E-state index in [1.54, 1.807) is 24.3 Å². The van der Waals surface area contributed by atoms with Crippen molar-refractivity contribution in [3.05, 3.63) is 41.4 Å². The predicted octanol–water partition coefficient (Wildman–Crippen LogP) is 2.55. The van der Waals surface area contributed by atoms with Crippen LogP contribution in [-0.2, 0) is 4.79 Å². The second-order valence-electron chi connectivity index (χ2n) is 2.15. The first-order chi connectivity index (χ1) is 5.24.